The number of halogens is 2. The summed E-state index contributed by atoms with van der Waals surface area (Å²) in [4.78, 5) is 0. The quantitative estimate of drug-likeness (QED) is 0.214. The molecule has 0 unspecified atom stereocenters. The van der Waals surface area contributed by atoms with Crippen LogP contribution in [0.5, 0.6) is 0 Å². The molecule has 0 fully saturated rings. The maximum atomic E-state index is 9.20. The lowest BCUT2D eigenvalue weighted by Gasteiger charge is -2.24. The van der Waals surface area contributed by atoms with Gasteiger partial charge in [-0.25, -0.2) is 0 Å². The highest BCUT2D eigenvalue weighted by Crippen LogP contribution is 2.56. The molecular formula is C22H20Cl2NOP. The maximum absolute atomic E-state index is 9.20. The second-order valence-corrected chi connectivity index (χ2v) is 9.33. The van der Waals surface area contributed by atoms with E-state index in [-0.39, 0.29) is 18.3 Å². The lowest BCUT2D eigenvalue weighted by Crippen LogP contribution is -3.00. The van der Waals surface area contributed by atoms with Crippen LogP contribution in [-0.4, -0.2) is 16.8 Å². The highest BCUT2D eigenvalue weighted by Gasteiger charge is 2.43. The monoisotopic (exact) mass is 415 g/mol. The molecule has 0 aliphatic carbocycles. The molecule has 0 spiro atoms. The summed E-state index contributed by atoms with van der Waals surface area (Å²) >= 11 is 5.90. The fraction of sp³-hybridized carbons (Fsp3) is 0.0455. The summed E-state index contributed by atoms with van der Waals surface area (Å²) in [6.45, 7) is 0. The van der Waals surface area contributed by atoms with E-state index >= 15 is 0 Å². The average Bonchev–Trinajstić information content (AvgIpc) is 2.74. The van der Waals surface area contributed by atoms with Crippen molar-refractivity contribution in [2.24, 2.45) is 5.16 Å². The summed E-state index contributed by atoms with van der Waals surface area (Å²) < 4.78 is 0. The first kappa shape index (κ1) is 21.2. The lowest BCUT2D eigenvalue weighted by molar-refractivity contribution is -0.00000577. The Morgan fingerprint density at radius 3 is 1.44 bits per heavy atom. The van der Waals surface area contributed by atoms with Crippen LogP contribution >= 0.6 is 18.9 Å². The third kappa shape index (κ3) is 4.59. The van der Waals surface area contributed by atoms with Crippen molar-refractivity contribution in [1.82, 2.24) is 0 Å². The van der Waals surface area contributed by atoms with Crippen molar-refractivity contribution in [3.63, 3.8) is 0 Å². The molecule has 0 saturated heterocycles. The van der Waals surface area contributed by atoms with Gasteiger partial charge in [0.2, 0.25) is 0 Å². The van der Waals surface area contributed by atoms with Gasteiger partial charge in [-0.2, -0.15) is 0 Å². The zero-order valence-corrected chi connectivity index (χ0v) is 17.0. The van der Waals surface area contributed by atoms with Crippen LogP contribution in [0.1, 0.15) is 0 Å². The van der Waals surface area contributed by atoms with E-state index in [9.17, 15) is 5.21 Å². The van der Waals surface area contributed by atoms with Crippen LogP contribution in [0.3, 0.4) is 0 Å². The summed E-state index contributed by atoms with van der Waals surface area (Å²) in [7, 11) is -2.06. The molecule has 5 heteroatoms. The summed E-state index contributed by atoms with van der Waals surface area (Å²) in [6, 6.07) is 31.4. The number of allylic oxidation sites excluding steroid dienone is 1. The van der Waals surface area contributed by atoms with Crippen LogP contribution in [0.2, 0.25) is 0 Å². The zero-order valence-electron chi connectivity index (χ0n) is 14.6. The normalized spacial score (nSPS) is 12.0. The number of hydrogen-bond donors (Lipinski definition) is 1. The first-order valence-corrected chi connectivity index (χ1v) is 10.7. The Morgan fingerprint density at radius 2 is 1.15 bits per heavy atom. The van der Waals surface area contributed by atoms with Gasteiger partial charge in [0.05, 0.1) is 17.4 Å². The third-order valence-corrected chi connectivity index (χ3v) is 8.45. The van der Waals surface area contributed by atoms with Crippen LogP contribution in [0.25, 0.3) is 0 Å². The molecule has 2 nitrogen and oxygen atoms in total. The molecule has 3 rings (SSSR count). The molecule has 0 heterocycles. The molecule has 3 aromatic rings. The van der Waals surface area contributed by atoms with Crippen molar-refractivity contribution in [3.05, 3.63) is 103 Å². The van der Waals surface area contributed by atoms with Gasteiger partial charge in [0.25, 0.3) is 0 Å². The molecule has 0 amide bonds. The van der Waals surface area contributed by atoms with E-state index < -0.39 is 7.26 Å². The Kier molecular flexibility index (Phi) is 8.06. The van der Waals surface area contributed by atoms with Gasteiger partial charge in [0, 0.05) is 6.08 Å². The topological polar surface area (TPSA) is 32.6 Å². The maximum Gasteiger partial charge on any atom is 0.137 e. The molecule has 0 aromatic heterocycles. The fourth-order valence-electron chi connectivity index (χ4n) is 3.00. The second kappa shape index (κ2) is 10.3. The van der Waals surface area contributed by atoms with Crippen LogP contribution in [0, 0.1) is 0 Å². The molecule has 3 aromatic carbocycles. The predicted octanol–water partition coefficient (Wildman–Crippen LogP) is 1.57. The first-order chi connectivity index (χ1) is 12.8. The molecule has 0 aliphatic rings. The fourth-order valence-corrected chi connectivity index (χ4v) is 6.87. The largest absolute Gasteiger partial charge is 1.00 e. The van der Waals surface area contributed by atoms with Gasteiger partial charge in [-0.3, -0.25) is 0 Å². The van der Waals surface area contributed by atoms with E-state index in [4.69, 9.17) is 11.6 Å². The van der Waals surface area contributed by atoms with Gasteiger partial charge in [-0.1, -0.05) is 59.8 Å². The van der Waals surface area contributed by atoms with Crippen molar-refractivity contribution in [3.8, 4) is 0 Å². The van der Waals surface area contributed by atoms with Crippen molar-refractivity contribution >= 4 is 40.5 Å². The van der Waals surface area contributed by atoms with Crippen LogP contribution in [0.15, 0.2) is 108 Å². The minimum Gasteiger partial charge on any atom is -1.00 e. The number of oxime groups is 1. The highest BCUT2D eigenvalue weighted by atomic mass is 35.5. The number of nitrogens with zero attached hydrogens (tertiary/aromatic N) is 1. The molecule has 0 aliphatic heterocycles. The van der Waals surface area contributed by atoms with E-state index in [2.05, 4.69) is 83.8 Å². The van der Waals surface area contributed by atoms with Gasteiger partial charge >= 0.3 is 0 Å². The van der Waals surface area contributed by atoms with Gasteiger partial charge in [-0.05, 0) is 36.4 Å². The van der Waals surface area contributed by atoms with Crippen molar-refractivity contribution in [2.45, 2.75) is 0 Å². The Hall–Kier alpha value is -2.12. The third-order valence-electron chi connectivity index (χ3n) is 4.25. The molecule has 1 N–H and O–H groups in total. The summed E-state index contributed by atoms with van der Waals surface area (Å²) in [5.74, 6) is 2.33. The summed E-state index contributed by atoms with van der Waals surface area (Å²) in [5.41, 5.74) is 0.443. The number of benzene rings is 3. The predicted molar refractivity (Wildman–Crippen MR) is 114 cm³/mol. The summed E-state index contributed by atoms with van der Waals surface area (Å²) in [6.07, 6.45) is 1.84. The van der Waals surface area contributed by atoms with Crippen LogP contribution in [-0.2, 0) is 0 Å². The van der Waals surface area contributed by atoms with E-state index in [1.807, 2.05) is 24.3 Å². The minimum atomic E-state index is -2.06. The molecule has 0 saturated carbocycles. The van der Waals surface area contributed by atoms with E-state index in [1.165, 1.54) is 15.9 Å². The first-order valence-electron chi connectivity index (χ1n) is 8.33. The SMILES string of the molecule is ON=C(C=C[P+](c1ccccc1)(c1ccccc1)c1ccccc1)CCl.[Cl-]. The minimum absolute atomic E-state index is 0. The Morgan fingerprint density at radius 1 is 0.778 bits per heavy atom. The molecule has 138 valence electrons. The molecule has 0 radical (unpaired) electrons. The van der Waals surface area contributed by atoms with Crippen molar-refractivity contribution < 1.29 is 17.6 Å². The van der Waals surface area contributed by atoms with E-state index in [0.717, 1.165) is 0 Å². The van der Waals surface area contributed by atoms with Gasteiger partial charge in [0.15, 0.2) is 0 Å². The smallest absolute Gasteiger partial charge is 0.137 e. The second-order valence-electron chi connectivity index (χ2n) is 5.77. The Labute approximate surface area is 172 Å². The van der Waals surface area contributed by atoms with Crippen molar-refractivity contribution in [2.75, 3.05) is 5.88 Å². The van der Waals surface area contributed by atoms with E-state index in [1.54, 1.807) is 0 Å². The van der Waals surface area contributed by atoms with Crippen LogP contribution in [0.4, 0.5) is 0 Å². The molecule has 27 heavy (non-hydrogen) atoms. The molecular weight excluding hydrogens is 396 g/mol. The van der Waals surface area contributed by atoms with Crippen LogP contribution < -0.4 is 28.3 Å². The summed E-state index contributed by atoms with van der Waals surface area (Å²) in [5, 5.41) is 16.2. The standard InChI is InChI=1S/C22H19ClNOP.ClH/c23-18-19(24-25)16-17-26(20-10-4-1-5-11-20,21-12-6-2-7-13-21)22-14-8-3-9-15-22;/h1-17H,18H2;1H. The van der Waals surface area contributed by atoms with E-state index in [0.29, 0.717) is 5.71 Å². The number of alkyl halides is 1. The molecule has 0 bridgehead atoms. The Balaban J connectivity index is 0.00000261. The lowest BCUT2D eigenvalue weighted by atomic mass is 10.4. The Bertz CT molecular complexity index is 787. The molecule has 0 atom stereocenters. The average molecular weight is 416 g/mol. The van der Waals surface area contributed by atoms with Gasteiger partial charge in [-0.15, -0.1) is 11.6 Å². The zero-order chi connectivity index (χ0) is 18.2. The number of hydrogen-bond acceptors (Lipinski definition) is 2. The number of rotatable bonds is 6. The van der Waals surface area contributed by atoms with Gasteiger partial charge in [0.1, 0.15) is 23.2 Å². The van der Waals surface area contributed by atoms with Gasteiger partial charge < -0.3 is 17.6 Å². The highest BCUT2D eigenvalue weighted by molar-refractivity contribution is 7.98. The van der Waals surface area contributed by atoms with Crippen molar-refractivity contribution in [1.29, 1.82) is 0 Å².